The van der Waals surface area contributed by atoms with Crippen molar-refractivity contribution in [2.75, 3.05) is 26.2 Å². The van der Waals surface area contributed by atoms with E-state index in [2.05, 4.69) is 9.15 Å². The van der Waals surface area contributed by atoms with Crippen LogP contribution in [0.4, 0.5) is 0 Å². The standard InChI is InChI=1S/2C7H12N.H2O4S/c2*1-3-7-4-2-6-8(7)5-1;1-5(2,3)4/h2*1-6H2;(H2,1,2,3,4)/q2*+1;/p-2. The molecule has 0 aromatic rings. The van der Waals surface area contributed by atoms with Gasteiger partial charge in [-0.25, -0.2) is 9.15 Å². The van der Waals surface area contributed by atoms with Crippen LogP contribution in [0.5, 0.6) is 0 Å². The highest BCUT2D eigenvalue weighted by Crippen LogP contribution is 2.15. The van der Waals surface area contributed by atoms with Gasteiger partial charge >= 0.3 is 0 Å². The van der Waals surface area contributed by atoms with Gasteiger partial charge in [0.05, 0.1) is 0 Å². The van der Waals surface area contributed by atoms with Crippen molar-refractivity contribution in [3.63, 3.8) is 0 Å². The summed E-state index contributed by atoms with van der Waals surface area (Å²) in [6.07, 6.45) is 11.3. The van der Waals surface area contributed by atoms with Crippen LogP contribution in [0.3, 0.4) is 0 Å². The maximum absolute atomic E-state index is 8.52. The van der Waals surface area contributed by atoms with Crippen molar-refractivity contribution in [3.05, 3.63) is 0 Å². The number of hydrogen-bond donors (Lipinski definition) is 0. The highest BCUT2D eigenvalue weighted by molar-refractivity contribution is 7.79. The minimum Gasteiger partial charge on any atom is -0.759 e. The van der Waals surface area contributed by atoms with Gasteiger partial charge in [0.25, 0.3) is 0 Å². The van der Waals surface area contributed by atoms with Crippen molar-refractivity contribution in [1.82, 2.24) is 0 Å². The van der Waals surface area contributed by atoms with Crippen molar-refractivity contribution in [2.45, 2.75) is 51.4 Å². The van der Waals surface area contributed by atoms with Crippen LogP contribution in [0.25, 0.3) is 0 Å². The van der Waals surface area contributed by atoms with Gasteiger partial charge in [0, 0.05) is 61.8 Å². The van der Waals surface area contributed by atoms with E-state index in [4.69, 9.17) is 17.5 Å². The Balaban J connectivity index is 0.000000120. The van der Waals surface area contributed by atoms with E-state index < -0.39 is 10.4 Å². The van der Waals surface area contributed by atoms with E-state index >= 15 is 0 Å². The van der Waals surface area contributed by atoms with Gasteiger partial charge < -0.3 is 9.11 Å². The van der Waals surface area contributed by atoms with Gasteiger partial charge in [-0.3, -0.25) is 8.42 Å². The lowest BCUT2D eigenvalue weighted by atomic mass is 10.2. The number of hydrogen-bond acceptors (Lipinski definition) is 4. The zero-order chi connectivity index (χ0) is 15.3. The minimum absolute atomic E-state index is 1.36. The molecule has 21 heavy (non-hydrogen) atoms. The Hall–Kier alpha value is -0.790. The summed E-state index contributed by atoms with van der Waals surface area (Å²) in [6, 6.07) is 0. The van der Waals surface area contributed by atoms with Crippen LogP contribution < -0.4 is 0 Å². The van der Waals surface area contributed by atoms with Crippen LogP contribution in [-0.2, 0) is 10.4 Å². The smallest absolute Gasteiger partial charge is 0.152 e. The van der Waals surface area contributed by atoms with Crippen LogP contribution in [-0.4, -0.2) is 64.3 Å². The Labute approximate surface area is 126 Å². The highest BCUT2D eigenvalue weighted by Gasteiger charge is 2.26. The van der Waals surface area contributed by atoms with Crippen molar-refractivity contribution in [1.29, 1.82) is 0 Å². The molecule has 0 amide bonds. The molecule has 0 bridgehead atoms. The third-order valence-electron chi connectivity index (χ3n) is 4.47. The molecule has 0 saturated carbocycles. The lowest BCUT2D eigenvalue weighted by molar-refractivity contribution is -0.512. The highest BCUT2D eigenvalue weighted by atomic mass is 32.3. The summed E-state index contributed by atoms with van der Waals surface area (Å²) in [7, 11) is -5.17. The molecule has 0 spiro atoms. The van der Waals surface area contributed by atoms with E-state index in [-0.39, 0.29) is 0 Å². The Morgan fingerprint density at radius 2 is 0.905 bits per heavy atom. The van der Waals surface area contributed by atoms with E-state index in [0.717, 1.165) is 0 Å². The van der Waals surface area contributed by atoms with Crippen LogP contribution >= 0.6 is 0 Å². The SMILES string of the molecule is C1CC2=[N+](C1)CCC2.C1CC2=[N+](C1)CCC2.O=S(=O)([O-])[O-]. The molecule has 7 heteroatoms. The average molecular weight is 316 g/mol. The van der Waals surface area contributed by atoms with E-state index in [1.807, 2.05) is 0 Å². The lowest BCUT2D eigenvalue weighted by Gasteiger charge is -2.06. The van der Waals surface area contributed by atoms with Gasteiger partial charge in [0.15, 0.2) is 11.4 Å². The molecule has 4 aliphatic rings. The average Bonchev–Trinajstić information content (AvgIpc) is 3.08. The first-order chi connectivity index (χ1) is 9.93. The van der Waals surface area contributed by atoms with Crippen molar-refractivity contribution < 1.29 is 26.7 Å². The third kappa shape index (κ3) is 5.84. The van der Waals surface area contributed by atoms with E-state index in [9.17, 15) is 0 Å². The fourth-order valence-electron chi connectivity index (χ4n) is 3.63. The van der Waals surface area contributed by atoms with Crippen LogP contribution in [0.1, 0.15) is 51.4 Å². The molecule has 4 aliphatic heterocycles. The maximum atomic E-state index is 8.52. The van der Waals surface area contributed by atoms with Crippen molar-refractivity contribution in [2.24, 2.45) is 0 Å². The van der Waals surface area contributed by atoms with Crippen LogP contribution in [0, 0.1) is 0 Å². The molecule has 0 N–H and O–H groups in total. The van der Waals surface area contributed by atoms with Gasteiger partial charge in [0.2, 0.25) is 0 Å². The van der Waals surface area contributed by atoms with Gasteiger partial charge in [-0.1, -0.05) is 0 Å². The molecule has 0 radical (unpaired) electrons. The zero-order valence-corrected chi connectivity index (χ0v) is 13.2. The van der Waals surface area contributed by atoms with Gasteiger partial charge in [0.1, 0.15) is 26.2 Å². The molecule has 120 valence electrons. The summed E-state index contributed by atoms with van der Waals surface area (Å²) < 4.78 is 39.2. The molecule has 0 aliphatic carbocycles. The third-order valence-corrected chi connectivity index (χ3v) is 4.47. The summed E-state index contributed by atoms with van der Waals surface area (Å²) in [5.74, 6) is 0. The molecule has 6 nitrogen and oxygen atoms in total. The molecule has 0 aromatic heterocycles. The number of rotatable bonds is 0. The Kier molecular flexibility index (Phi) is 5.89. The molecule has 0 aromatic carbocycles. The molecule has 0 unspecified atom stereocenters. The molecule has 0 saturated heterocycles. The Bertz CT molecular complexity index is 439. The predicted molar refractivity (Wildman–Crippen MR) is 77.4 cm³/mol. The van der Waals surface area contributed by atoms with E-state index in [1.54, 1.807) is 11.4 Å². The molecular formula is C14H24N2O4S. The van der Waals surface area contributed by atoms with Crippen LogP contribution in [0.2, 0.25) is 0 Å². The van der Waals surface area contributed by atoms with Crippen LogP contribution in [0.15, 0.2) is 0 Å². The summed E-state index contributed by atoms with van der Waals surface area (Å²) in [6.45, 7) is 5.43. The number of nitrogens with zero attached hydrogens (tertiary/aromatic N) is 2. The zero-order valence-electron chi connectivity index (χ0n) is 12.4. The van der Waals surface area contributed by atoms with Gasteiger partial charge in [-0.05, 0) is 0 Å². The first-order valence-electron chi connectivity index (χ1n) is 7.79. The van der Waals surface area contributed by atoms with Crippen molar-refractivity contribution in [3.8, 4) is 0 Å². The second kappa shape index (κ2) is 7.47. The van der Waals surface area contributed by atoms with Gasteiger partial charge in [-0.2, -0.15) is 0 Å². The lowest BCUT2D eigenvalue weighted by Crippen LogP contribution is -2.06. The quantitative estimate of drug-likeness (QED) is 0.374. The fourth-order valence-corrected chi connectivity index (χ4v) is 3.63. The minimum atomic E-state index is -5.17. The largest absolute Gasteiger partial charge is 0.759 e. The van der Waals surface area contributed by atoms with Gasteiger partial charge in [-0.15, -0.1) is 0 Å². The molecule has 4 heterocycles. The molecule has 0 atom stereocenters. The monoisotopic (exact) mass is 316 g/mol. The first kappa shape index (κ1) is 16.6. The summed E-state index contributed by atoms with van der Waals surface area (Å²) in [5.41, 5.74) is 3.48. The van der Waals surface area contributed by atoms with E-state index in [1.165, 1.54) is 77.5 Å². The van der Waals surface area contributed by atoms with Crippen molar-refractivity contribution >= 4 is 21.8 Å². The maximum Gasteiger partial charge on any atom is 0.152 e. The topological polar surface area (TPSA) is 86.3 Å². The Morgan fingerprint density at radius 3 is 1.10 bits per heavy atom. The summed E-state index contributed by atoms with van der Waals surface area (Å²) in [5, 5.41) is 0. The first-order valence-corrected chi connectivity index (χ1v) is 9.13. The Morgan fingerprint density at radius 1 is 0.667 bits per heavy atom. The summed E-state index contributed by atoms with van der Waals surface area (Å²) >= 11 is 0. The molecule has 0 fully saturated rings. The van der Waals surface area contributed by atoms with E-state index in [0.29, 0.717) is 0 Å². The normalized spacial score (nSPS) is 23.3. The second-order valence-electron chi connectivity index (χ2n) is 5.93. The predicted octanol–water partition coefficient (Wildman–Crippen LogP) is 0.717. The second-order valence-corrected chi connectivity index (χ2v) is 6.75. The molecule has 4 rings (SSSR count). The fraction of sp³-hybridized carbons (Fsp3) is 0.857. The molecular weight excluding hydrogens is 292 g/mol. The summed E-state index contributed by atoms with van der Waals surface area (Å²) in [4.78, 5) is 0.